The average molecular weight is 268 g/mol. The van der Waals surface area contributed by atoms with Crippen LogP contribution in [0.3, 0.4) is 0 Å². The summed E-state index contributed by atoms with van der Waals surface area (Å²) in [6.07, 6.45) is -4.78. The molecular formula is C10H8F4O2S. The van der Waals surface area contributed by atoms with Crippen molar-refractivity contribution in [1.82, 2.24) is 0 Å². The number of hydrogen-bond donors (Lipinski definition) is 1. The van der Waals surface area contributed by atoms with Crippen molar-refractivity contribution in [2.45, 2.75) is 23.2 Å². The Kier molecular flexibility index (Phi) is 4.03. The van der Waals surface area contributed by atoms with Crippen LogP contribution in [0.2, 0.25) is 0 Å². The third-order valence-electron chi connectivity index (χ3n) is 1.92. The lowest BCUT2D eigenvalue weighted by Gasteiger charge is -2.12. The molecule has 0 saturated heterocycles. The van der Waals surface area contributed by atoms with Gasteiger partial charge in [-0.1, -0.05) is 6.07 Å². The molecule has 0 aromatic heterocycles. The molecule has 1 atom stereocenters. The molecule has 0 aliphatic carbocycles. The topological polar surface area (TPSA) is 37.3 Å². The van der Waals surface area contributed by atoms with Crippen molar-refractivity contribution >= 4 is 17.7 Å². The molecule has 7 heteroatoms. The fraction of sp³-hybridized carbons (Fsp3) is 0.300. The van der Waals surface area contributed by atoms with Gasteiger partial charge in [-0.05, 0) is 19.1 Å². The molecule has 0 spiro atoms. The Morgan fingerprint density at radius 1 is 1.41 bits per heavy atom. The maximum Gasteiger partial charge on any atom is 0.419 e. The van der Waals surface area contributed by atoms with Crippen LogP contribution in [-0.4, -0.2) is 16.3 Å². The highest BCUT2D eigenvalue weighted by molar-refractivity contribution is 8.00. The molecule has 17 heavy (non-hydrogen) atoms. The first-order chi connectivity index (χ1) is 7.73. The van der Waals surface area contributed by atoms with E-state index in [1.807, 2.05) is 0 Å². The van der Waals surface area contributed by atoms with Crippen molar-refractivity contribution in [3.63, 3.8) is 0 Å². The predicted molar refractivity (Wildman–Crippen MR) is 54.4 cm³/mol. The van der Waals surface area contributed by atoms with Crippen LogP contribution in [0.5, 0.6) is 0 Å². The summed E-state index contributed by atoms with van der Waals surface area (Å²) in [5, 5.41) is 7.58. The minimum atomic E-state index is -4.78. The van der Waals surface area contributed by atoms with Gasteiger partial charge in [0, 0.05) is 4.90 Å². The van der Waals surface area contributed by atoms with Gasteiger partial charge in [0.05, 0.1) is 5.56 Å². The Hall–Kier alpha value is -1.24. The molecule has 0 amide bonds. The number of carboxylic acid groups (broad SMARTS) is 1. The van der Waals surface area contributed by atoms with Crippen LogP contribution in [0.25, 0.3) is 0 Å². The summed E-state index contributed by atoms with van der Waals surface area (Å²) in [7, 11) is 0. The molecule has 0 aliphatic rings. The molecule has 0 saturated carbocycles. The molecule has 2 nitrogen and oxygen atoms in total. The maximum absolute atomic E-state index is 13.5. The monoisotopic (exact) mass is 268 g/mol. The van der Waals surface area contributed by atoms with E-state index in [-0.39, 0.29) is 4.90 Å². The Morgan fingerprint density at radius 2 is 2.00 bits per heavy atom. The third kappa shape index (κ3) is 3.36. The number of carbonyl (C=O) groups is 1. The zero-order chi connectivity index (χ0) is 13.2. The lowest BCUT2D eigenvalue weighted by Crippen LogP contribution is -2.13. The fourth-order valence-corrected chi connectivity index (χ4v) is 1.91. The second-order valence-corrected chi connectivity index (χ2v) is 4.60. The molecule has 0 bridgehead atoms. The largest absolute Gasteiger partial charge is 0.480 e. The quantitative estimate of drug-likeness (QED) is 0.674. The number of thioether (sulfide) groups is 1. The Labute approximate surface area is 98.6 Å². The van der Waals surface area contributed by atoms with E-state index in [9.17, 15) is 22.4 Å². The second-order valence-electron chi connectivity index (χ2n) is 3.21. The minimum absolute atomic E-state index is 0.324. The number of hydrogen-bond acceptors (Lipinski definition) is 2. The van der Waals surface area contributed by atoms with Crippen molar-refractivity contribution < 1.29 is 27.5 Å². The van der Waals surface area contributed by atoms with E-state index in [0.29, 0.717) is 17.8 Å². The molecule has 1 N–H and O–H groups in total. The zero-order valence-corrected chi connectivity index (χ0v) is 9.40. The van der Waals surface area contributed by atoms with Gasteiger partial charge in [0.25, 0.3) is 0 Å². The zero-order valence-electron chi connectivity index (χ0n) is 8.58. The predicted octanol–water partition coefficient (Wildman–Crippen LogP) is 3.41. The van der Waals surface area contributed by atoms with Gasteiger partial charge in [-0.3, -0.25) is 4.79 Å². The van der Waals surface area contributed by atoms with Crippen LogP contribution < -0.4 is 0 Å². The molecule has 0 radical (unpaired) electrons. The van der Waals surface area contributed by atoms with Gasteiger partial charge in [0.15, 0.2) is 0 Å². The van der Waals surface area contributed by atoms with E-state index >= 15 is 0 Å². The highest BCUT2D eigenvalue weighted by atomic mass is 32.2. The van der Waals surface area contributed by atoms with Crippen molar-refractivity contribution in [3.8, 4) is 0 Å². The Balaban J connectivity index is 3.07. The summed E-state index contributed by atoms with van der Waals surface area (Å²) in [5.41, 5.74) is -1.39. The van der Waals surface area contributed by atoms with Gasteiger partial charge < -0.3 is 5.11 Å². The molecule has 0 aliphatic heterocycles. The van der Waals surface area contributed by atoms with Gasteiger partial charge >= 0.3 is 12.1 Å². The molecule has 1 aromatic rings. The maximum atomic E-state index is 13.5. The van der Waals surface area contributed by atoms with Crippen LogP contribution in [0, 0.1) is 5.82 Å². The number of halogens is 4. The van der Waals surface area contributed by atoms with E-state index in [2.05, 4.69) is 0 Å². The first-order valence-corrected chi connectivity index (χ1v) is 5.36. The van der Waals surface area contributed by atoms with Crippen LogP contribution in [0.1, 0.15) is 12.5 Å². The van der Waals surface area contributed by atoms with Gasteiger partial charge in [-0.2, -0.15) is 13.2 Å². The summed E-state index contributed by atoms with van der Waals surface area (Å²) in [6, 6.07) is 2.78. The third-order valence-corrected chi connectivity index (χ3v) is 3.04. The molecule has 0 heterocycles. The minimum Gasteiger partial charge on any atom is -0.480 e. The van der Waals surface area contributed by atoms with Crippen LogP contribution in [0.4, 0.5) is 17.6 Å². The highest BCUT2D eigenvalue weighted by Crippen LogP contribution is 2.36. The second kappa shape index (κ2) is 4.95. The van der Waals surface area contributed by atoms with Crippen LogP contribution in [0.15, 0.2) is 23.1 Å². The lowest BCUT2D eigenvalue weighted by molar-refractivity contribution is -0.140. The van der Waals surface area contributed by atoms with Gasteiger partial charge in [0.2, 0.25) is 0 Å². The fourth-order valence-electron chi connectivity index (χ4n) is 1.06. The summed E-state index contributed by atoms with van der Waals surface area (Å²) < 4.78 is 50.5. The summed E-state index contributed by atoms with van der Waals surface area (Å²) >= 11 is 0.534. The van der Waals surface area contributed by atoms with Crippen molar-refractivity contribution in [2.24, 2.45) is 0 Å². The van der Waals surface area contributed by atoms with Crippen molar-refractivity contribution in [1.29, 1.82) is 0 Å². The van der Waals surface area contributed by atoms with Crippen LogP contribution in [-0.2, 0) is 11.0 Å². The van der Waals surface area contributed by atoms with E-state index in [4.69, 9.17) is 5.11 Å². The van der Waals surface area contributed by atoms with Crippen molar-refractivity contribution in [3.05, 3.63) is 29.6 Å². The van der Waals surface area contributed by atoms with E-state index in [1.54, 1.807) is 0 Å². The Morgan fingerprint density at radius 3 is 2.47 bits per heavy atom. The van der Waals surface area contributed by atoms with E-state index in [1.165, 1.54) is 6.92 Å². The normalized spacial score (nSPS) is 13.5. The number of aliphatic carboxylic acids is 1. The van der Waals surface area contributed by atoms with E-state index < -0.39 is 28.8 Å². The smallest absolute Gasteiger partial charge is 0.419 e. The summed E-state index contributed by atoms with van der Waals surface area (Å²) in [5.74, 6) is -2.65. The number of rotatable bonds is 3. The lowest BCUT2D eigenvalue weighted by atomic mass is 10.2. The summed E-state index contributed by atoms with van der Waals surface area (Å²) in [4.78, 5) is 10.2. The average Bonchev–Trinajstić information content (AvgIpc) is 2.19. The van der Waals surface area contributed by atoms with E-state index in [0.717, 1.165) is 12.1 Å². The standard InChI is InChI=1S/C10H8F4O2S/c1-5(9(15)16)17-7-4-2-3-6(8(7)11)10(12,13)14/h2-5H,1H3,(H,15,16). The number of carboxylic acids is 1. The van der Waals surface area contributed by atoms with Crippen LogP contribution >= 0.6 is 11.8 Å². The number of alkyl halides is 3. The highest BCUT2D eigenvalue weighted by Gasteiger charge is 2.35. The van der Waals surface area contributed by atoms with Gasteiger partial charge in [-0.25, -0.2) is 4.39 Å². The molecule has 0 fully saturated rings. The SMILES string of the molecule is CC(Sc1cccc(C(F)(F)F)c1F)C(=O)O. The Bertz CT molecular complexity index is 431. The summed E-state index contributed by atoms with van der Waals surface area (Å²) in [6.45, 7) is 1.27. The molecule has 1 aromatic carbocycles. The molecule has 1 unspecified atom stereocenters. The molecule has 94 valence electrons. The van der Waals surface area contributed by atoms with Gasteiger partial charge in [-0.15, -0.1) is 11.8 Å². The molecule has 1 rings (SSSR count). The first-order valence-electron chi connectivity index (χ1n) is 4.48. The van der Waals surface area contributed by atoms with Gasteiger partial charge in [0.1, 0.15) is 11.1 Å². The first kappa shape index (κ1) is 13.8. The number of benzene rings is 1. The molecular weight excluding hydrogens is 260 g/mol. The van der Waals surface area contributed by atoms with Crippen molar-refractivity contribution in [2.75, 3.05) is 0 Å².